The van der Waals surface area contributed by atoms with Crippen molar-refractivity contribution < 1.29 is 4.84 Å². The summed E-state index contributed by atoms with van der Waals surface area (Å²) in [6.45, 7) is 1.68. The van der Waals surface area contributed by atoms with Gasteiger partial charge in [-0.15, -0.1) is 0 Å². The van der Waals surface area contributed by atoms with Crippen molar-refractivity contribution in [2.45, 2.75) is 25.7 Å². The molecule has 160 valence electrons. The molecule has 1 heterocycles. The smallest absolute Gasteiger partial charge is 0.124 e. The lowest BCUT2D eigenvalue weighted by molar-refractivity contribution is 0.0297. The van der Waals surface area contributed by atoms with E-state index >= 15 is 0 Å². The zero-order valence-corrected chi connectivity index (χ0v) is 18.5. The predicted molar refractivity (Wildman–Crippen MR) is 124 cm³/mol. The van der Waals surface area contributed by atoms with Gasteiger partial charge in [-0.3, -0.25) is 0 Å². The van der Waals surface area contributed by atoms with E-state index in [4.69, 9.17) is 9.99 Å². The zero-order valence-electron chi connectivity index (χ0n) is 18.5. The number of aromatic nitrogens is 3. The summed E-state index contributed by atoms with van der Waals surface area (Å²) in [6.07, 6.45) is 4.94. The molecule has 1 aliphatic rings. The van der Waals surface area contributed by atoms with Crippen LogP contribution < -0.4 is 5.36 Å². The van der Waals surface area contributed by atoms with Crippen LogP contribution >= 0.6 is 0 Å². The fourth-order valence-electron chi connectivity index (χ4n) is 5.18. The van der Waals surface area contributed by atoms with E-state index in [1.54, 1.807) is 4.80 Å². The molecule has 0 N–H and O–H groups in total. The minimum Gasteiger partial charge on any atom is -0.395 e. The number of aryl methyl sites for hydroxylation is 1. The van der Waals surface area contributed by atoms with Gasteiger partial charge in [0.1, 0.15) is 23.0 Å². The molecule has 0 spiro atoms. The van der Waals surface area contributed by atoms with Gasteiger partial charge in [-0.25, -0.2) is 0 Å². The third-order valence-corrected chi connectivity index (χ3v) is 6.43. The van der Waals surface area contributed by atoms with Crippen LogP contribution in [0, 0.1) is 5.41 Å². The summed E-state index contributed by atoms with van der Waals surface area (Å²) in [5.41, 5.74) is 1.95. The molecule has 6 heteroatoms. The van der Waals surface area contributed by atoms with Gasteiger partial charge in [0.25, 0.3) is 0 Å². The van der Waals surface area contributed by atoms with E-state index in [0.717, 1.165) is 44.5 Å². The van der Waals surface area contributed by atoms with Crippen molar-refractivity contribution in [3.05, 3.63) is 53.9 Å². The summed E-state index contributed by atoms with van der Waals surface area (Å²) < 4.78 is 0. The standard InChI is InChI=1S/C25H29N5O/c1-29(2)16-25(14-8-9-15-25)17-31-28-22-18-10-4-6-12-20(18)23-24(27-30(3)26-23)21-13-7-5-11-19(21)22/h4-7,10-13H,8-9,14-17H2,1-3H3. The second kappa shape index (κ2) is 7.93. The number of fused-ring (bicyclic) bond motifs is 5. The molecule has 31 heavy (non-hydrogen) atoms. The molecule has 0 atom stereocenters. The van der Waals surface area contributed by atoms with Crippen molar-refractivity contribution in [3.8, 4) is 0 Å². The summed E-state index contributed by atoms with van der Waals surface area (Å²) in [7, 11) is 6.14. The molecule has 0 aliphatic heterocycles. The molecular weight excluding hydrogens is 386 g/mol. The van der Waals surface area contributed by atoms with Gasteiger partial charge in [0.15, 0.2) is 0 Å². The average Bonchev–Trinajstić information content (AvgIpc) is 3.35. The highest BCUT2D eigenvalue weighted by Crippen LogP contribution is 2.38. The van der Waals surface area contributed by atoms with Crippen LogP contribution in [0.1, 0.15) is 25.7 Å². The third kappa shape index (κ3) is 3.65. The largest absolute Gasteiger partial charge is 0.395 e. The van der Waals surface area contributed by atoms with Crippen molar-refractivity contribution >= 4 is 32.6 Å². The SMILES string of the molecule is CN(C)CC1(CON=c2c3ccccc3c3nn(C)nc3c3ccccc23)CCCC1. The molecule has 4 aromatic rings. The lowest BCUT2D eigenvalue weighted by Crippen LogP contribution is -2.35. The number of hydrogen-bond donors (Lipinski definition) is 0. The molecule has 5 rings (SSSR count). The molecule has 3 aromatic carbocycles. The second-order valence-electron chi connectivity index (χ2n) is 9.14. The molecule has 0 unspecified atom stereocenters. The monoisotopic (exact) mass is 415 g/mol. The minimum absolute atomic E-state index is 0.185. The fraction of sp³-hybridized carbons (Fsp3) is 0.400. The summed E-state index contributed by atoms with van der Waals surface area (Å²) in [5.74, 6) is 0. The first-order valence-electron chi connectivity index (χ1n) is 11.0. The molecule has 0 bridgehead atoms. The molecule has 1 aromatic heterocycles. The summed E-state index contributed by atoms with van der Waals surface area (Å²) in [6, 6.07) is 16.5. The Hall–Kier alpha value is -2.99. The van der Waals surface area contributed by atoms with Crippen molar-refractivity contribution in [3.63, 3.8) is 0 Å². The topological polar surface area (TPSA) is 55.5 Å². The second-order valence-corrected chi connectivity index (χ2v) is 9.14. The first-order chi connectivity index (χ1) is 15.1. The van der Waals surface area contributed by atoms with Crippen LogP contribution in [0.5, 0.6) is 0 Å². The van der Waals surface area contributed by atoms with Gasteiger partial charge in [0.2, 0.25) is 0 Å². The van der Waals surface area contributed by atoms with Crippen LogP contribution in [0.15, 0.2) is 53.7 Å². The van der Waals surface area contributed by atoms with Crippen molar-refractivity contribution in [1.82, 2.24) is 19.9 Å². The Kier molecular flexibility index (Phi) is 5.10. The van der Waals surface area contributed by atoms with E-state index in [1.165, 1.54) is 25.7 Å². The Balaban J connectivity index is 1.71. The lowest BCUT2D eigenvalue weighted by Gasteiger charge is -2.30. The highest BCUT2D eigenvalue weighted by Gasteiger charge is 2.35. The number of rotatable bonds is 5. The molecule has 0 radical (unpaired) electrons. The van der Waals surface area contributed by atoms with Crippen LogP contribution in [0.2, 0.25) is 0 Å². The van der Waals surface area contributed by atoms with Crippen LogP contribution in [0.4, 0.5) is 0 Å². The van der Waals surface area contributed by atoms with E-state index in [1.807, 2.05) is 31.3 Å². The molecule has 0 amide bonds. The first-order valence-corrected chi connectivity index (χ1v) is 11.0. The molecule has 1 aliphatic carbocycles. The van der Waals surface area contributed by atoms with Crippen LogP contribution in [-0.4, -0.2) is 47.1 Å². The highest BCUT2D eigenvalue weighted by atomic mass is 16.6. The van der Waals surface area contributed by atoms with E-state index in [2.05, 4.69) is 53.5 Å². The third-order valence-electron chi connectivity index (χ3n) is 6.43. The normalized spacial score (nSPS) is 15.9. The van der Waals surface area contributed by atoms with Crippen molar-refractivity contribution in [2.24, 2.45) is 17.6 Å². The average molecular weight is 416 g/mol. The Morgan fingerprint density at radius 1 is 0.903 bits per heavy atom. The minimum atomic E-state index is 0.185. The maximum Gasteiger partial charge on any atom is 0.124 e. The van der Waals surface area contributed by atoms with E-state index in [-0.39, 0.29) is 5.41 Å². The van der Waals surface area contributed by atoms with Crippen LogP contribution in [-0.2, 0) is 11.9 Å². The van der Waals surface area contributed by atoms with Gasteiger partial charge >= 0.3 is 0 Å². The predicted octanol–water partition coefficient (Wildman–Crippen LogP) is 4.23. The molecule has 1 fully saturated rings. The molecule has 0 saturated heterocycles. The Bertz CT molecular complexity index is 1240. The Labute approximate surface area is 182 Å². The Morgan fingerprint density at radius 3 is 1.94 bits per heavy atom. The molecule has 1 saturated carbocycles. The van der Waals surface area contributed by atoms with Gasteiger partial charge in [0, 0.05) is 40.6 Å². The van der Waals surface area contributed by atoms with Crippen molar-refractivity contribution in [2.75, 3.05) is 27.2 Å². The first kappa shape index (κ1) is 19.9. The Morgan fingerprint density at radius 2 is 1.42 bits per heavy atom. The van der Waals surface area contributed by atoms with E-state index in [0.29, 0.717) is 6.61 Å². The number of benzene rings is 2. The maximum atomic E-state index is 6.14. The number of hydrogen-bond acceptors (Lipinski definition) is 5. The molecular formula is C25H29N5O. The van der Waals surface area contributed by atoms with Gasteiger partial charge in [-0.2, -0.15) is 15.0 Å². The lowest BCUT2D eigenvalue weighted by atomic mass is 9.87. The maximum absolute atomic E-state index is 6.14. The summed E-state index contributed by atoms with van der Waals surface area (Å²) in [4.78, 5) is 10.1. The summed E-state index contributed by atoms with van der Waals surface area (Å²) in [5, 5.41) is 19.1. The summed E-state index contributed by atoms with van der Waals surface area (Å²) >= 11 is 0. The van der Waals surface area contributed by atoms with Gasteiger partial charge in [-0.1, -0.05) is 66.5 Å². The van der Waals surface area contributed by atoms with Crippen LogP contribution in [0.25, 0.3) is 32.6 Å². The van der Waals surface area contributed by atoms with Gasteiger partial charge < -0.3 is 9.74 Å². The molecule has 6 nitrogen and oxygen atoms in total. The van der Waals surface area contributed by atoms with Gasteiger partial charge in [0.05, 0.1) is 0 Å². The zero-order chi connectivity index (χ0) is 21.4. The van der Waals surface area contributed by atoms with E-state index in [9.17, 15) is 0 Å². The fourth-order valence-corrected chi connectivity index (χ4v) is 5.18. The van der Waals surface area contributed by atoms with E-state index < -0.39 is 0 Å². The number of nitrogens with zero attached hydrogens (tertiary/aromatic N) is 5. The van der Waals surface area contributed by atoms with Gasteiger partial charge in [-0.05, 0) is 26.9 Å². The van der Waals surface area contributed by atoms with Crippen molar-refractivity contribution in [1.29, 1.82) is 0 Å². The van der Waals surface area contributed by atoms with Crippen LogP contribution in [0.3, 0.4) is 0 Å². The highest BCUT2D eigenvalue weighted by molar-refractivity contribution is 6.13. The quantitative estimate of drug-likeness (QED) is 0.458.